The highest BCUT2D eigenvalue weighted by atomic mass is 35.5. The molecule has 1 heterocycles. The Balaban J connectivity index is 1.35. The molecule has 0 saturated carbocycles. The normalized spacial score (nSPS) is 15.0. The molecule has 2 aromatic rings. The third-order valence-electron chi connectivity index (χ3n) is 4.95. The highest BCUT2D eigenvalue weighted by Crippen LogP contribution is 2.13. The number of carbonyl (C=O) groups is 2. The fraction of sp³-hybridized carbons (Fsp3) is 0.250. The Kier molecular flexibility index (Phi) is 8.71. The summed E-state index contributed by atoms with van der Waals surface area (Å²) in [4.78, 5) is 28.4. The largest absolute Gasteiger partial charge is 0.351 e. The molecule has 1 fully saturated rings. The second kappa shape index (κ2) is 11.7. The summed E-state index contributed by atoms with van der Waals surface area (Å²) in [6, 6.07) is 14.7. The minimum atomic E-state index is -0.139. The van der Waals surface area contributed by atoms with Crippen molar-refractivity contribution in [2.45, 2.75) is 0 Å². The van der Waals surface area contributed by atoms with Crippen molar-refractivity contribution in [2.24, 2.45) is 0 Å². The lowest BCUT2D eigenvalue weighted by Crippen LogP contribution is -2.49. The van der Waals surface area contributed by atoms with Crippen molar-refractivity contribution in [2.75, 3.05) is 39.3 Å². The molecule has 0 atom stereocenters. The molecule has 31 heavy (non-hydrogen) atoms. The lowest BCUT2D eigenvalue weighted by atomic mass is 10.2. The summed E-state index contributed by atoms with van der Waals surface area (Å²) in [5.74, 6) is -0.140. The molecule has 2 amide bonds. The van der Waals surface area contributed by atoms with Crippen LogP contribution in [0.4, 0.5) is 0 Å². The topological polar surface area (TPSA) is 52.7 Å². The maximum Gasteiger partial charge on any atom is 0.246 e. The van der Waals surface area contributed by atoms with Crippen molar-refractivity contribution in [3.05, 3.63) is 81.9 Å². The number of amides is 2. The van der Waals surface area contributed by atoms with E-state index in [1.807, 2.05) is 35.2 Å². The highest BCUT2D eigenvalue weighted by molar-refractivity contribution is 6.31. The van der Waals surface area contributed by atoms with Gasteiger partial charge in [-0.25, -0.2) is 0 Å². The maximum atomic E-state index is 12.4. The van der Waals surface area contributed by atoms with Crippen LogP contribution in [0.15, 0.2) is 60.7 Å². The first-order valence-electron chi connectivity index (χ1n) is 10.2. The Bertz CT molecular complexity index is 964. The van der Waals surface area contributed by atoms with E-state index in [-0.39, 0.29) is 11.8 Å². The van der Waals surface area contributed by atoms with Crippen molar-refractivity contribution in [3.8, 4) is 0 Å². The van der Waals surface area contributed by atoms with E-state index in [9.17, 15) is 9.59 Å². The van der Waals surface area contributed by atoms with Crippen LogP contribution in [0, 0.1) is 0 Å². The molecule has 0 unspecified atom stereocenters. The zero-order valence-corrected chi connectivity index (χ0v) is 18.6. The second-order valence-corrected chi connectivity index (χ2v) is 8.11. The Labute approximate surface area is 192 Å². The monoisotopic (exact) mass is 457 g/mol. The summed E-state index contributed by atoms with van der Waals surface area (Å²) in [5, 5.41) is 4.18. The molecule has 7 heteroatoms. The van der Waals surface area contributed by atoms with Crippen LogP contribution in [0.5, 0.6) is 0 Å². The summed E-state index contributed by atoms with van der Waals surface area (Å²) in [6.07, 6.45) is 6.62. The van der Waals surface area contributed by atoms with E-state index < -0.39 is 0 Å². The van der Waals surface area contributed by atoms with E-state index in [1.54, 1.807) is 36.4 Å². The first-order chi connectivity index (χ1) is 15.0. The molecule has 0 aliphatic carbocycles. The quantitative estimate of drug-likeness (QED) is 0.639. The minimum absolute atomic E-state index is 0.000851. The van der Waals surface area contributed by atoms with Crippen LogP contribution in [-0.2, 0) is 9.59 Å². The Morgan fingerprint density at radius 2 is 1.45 bits per heavy atom. The van der Waals surface area contributed by atoms with E-state index in [0.717, 1.165) is 30.8 Å². The zero-order chi connectivity index (χ0) is 22.1. The molecule has 0 bridgehead atoms. The van der Waals surface area contributed by atoms with Crippen LogP contribution >= 0.6 is 23.2 Å². The van der Waals surface area contributed by atoms with Crippen molar-refractivity contribution < 1.29 is 9.59 Å². The van der Waals surface area contributed by atoms with Gasteiger partial charge in [0.25, 0.3) is 0 Å². The number of benzene rings is 2. The van der Waals surface area contributed by atoms with Crippen LogP contribution in [-0.4, -0.2) is 60.9 Å². The van der Waals surface area contributed by atoms with Gasteiger partial charge in [-0.05, 0) is 47.5 Å². The van der Waals surface area contributed by atoms with Gasteiger partial charge in [-0.1, -0.05) is 47.5 Å². The Morgan fingerprint density at radius 1 is 0.871 bits per heavy atom. The maximum absolute atomic E-state index is 12.4. The minimum Gasteiger partial charge on any atom is -0.351 e. The Hall–Kier alpha value is -2.60. The lowest BCUT2D eigenvalue weighted by molar-refractivity contribution is -0.127. The highest BCUT2D eigenvalue weighted by Gasteiger charge is 2.19. The summed E-state index contributed by atoms with van der Waals surface area (Å²) in [7, 11) is 0. The van der Waals surface area contributed by atoms with Crippen molar-refractivity contribution in [1.82, 2.24) is 15.1 Å². The average molecular weight is 458 g/mol. The molecule has 1 aliphatic rings. The van der Waals surface area contributed by atoms with E-state index in [4.69, 9.17) is 23.2 Å². The molecule has 1 saturated heterocycles. The van der Waals surface area contributed by atoms with Gasteiger partial charge < -0.3 is 10.2 Å². The predicted octanol–water partition coefficient (Wildman–Crippen LogP) is 3.98. The number of hydrogen-bond acceptors (Lipinski definition) is 3. The van der Waals surface area contributed by atoms with Crippen molar-refractivity contribution >= 4 is 47.2 Å². The van der Waals surface area contributed by atoms with E-state index in [2.05, 4.69) is 10.2 Å². The molecule has 1 N–H and O–H groups in total. The van der Waals surface area contributed by atoms with Crippen LogP contribution in [0.2, 0.25) is 10.0 Å². The summed E-state index contributed by atoms with van der Waals surface area (Å²) < 4.78 is 0. The fourth-order valence-corrected chi connectivity index (χ4v) is 3.65. The summed E-state index contributed by atoms with van der Waals surface area (Å²) in [5.41, 5.74) is 1.78. The molecular weight excluding hydrogens is 433 g/mol. The van der Waals surface area contributed by atoms with E-state index in [1.165, 1.54) is 6.08 Å². The van der Waals surface area contributed by atoms with Crippen LogP contribution in [0.3, 0.4) is 0 Å². The number of carbonyl (C=O) groups excluding carboxylic acids is 2. The smallest absolute Gasteiger partial charge is 0.246 e. The van der Waals surface area contributed by atoms with Crippen LogP contribution < -0.4 is 5.32 Å². The number of nitrogens with zero attached hydrogens (tertiary/aromatic N) is 2. The van der Waals surface area contributed by atoms with E-state index >= 15 is 0 Å². The lowest BCUT2D eigenvalue weighted by Gasteiger charge is -2.34. The van der Waals surface area contributed by atoms with Crippen LogP contribution in [0.25, 0.3) is 12.2 Å². The number of halogens is 2. The van der Waals surface area contributed by atoms with Gasteiger partial charge in [0.2, 0.25) is 11.8 Å². The van der Waals surface area contributed by atoms with Gasteiger partial charge in [0.15, 0.2) is 0 Å². The third kappa shape index (κ3) is 7.87. The number of piperazine rings is 1. The zero-order valence-electron chi connectivity index (χ0n) is 17.1. The third-order valence-corrected chi connectivity index (χ3v) is 5.42. The fourth-order valence-electron chi connectivity index (χ4n) is 3.25. The van der Waals surface area contributed by atoms with Gasteiger partial charge in [0.1, 0.15) is 0 Å². The van der Waals surface area contributed by atoms with Crippen molar-refractivity contribution in [1.29, 1.82) is 0 Å². The summed E-state index contributed by atoms with van der Waals surface area (Å²) in [6.45, 7) is 4.21. The molecule has 162 valence electrons. The average Bonchev–Trinajstić information content (AvgIpc) is 2.77. The summed E-state index contributed by atoms with van der Waals surface area (Å²) >= 11 is 11.9. The van der Waals surface area contributed by atoms with Gasteiger partial charge in [-0.15, -0.1) is 0 Å². The van der Waals surface area contributed by atoms with Crippen molar-refractivity contribution in [3.63, 3.8) is 0 Å². The van der Waals surface area contributed by atoms with Gasteiger partial charge in [-0.3, -0.25) is 14.5 Å². The molecule has 5 nitrogen and oxygen atoms in total. The number of rotatable bonds is 7. The SMILES string of the molecule is O=C(C=Cc1cccc(Cl)c1)NCCN1CCN(C(=O)C=Cc2cccc(Cl)c2)CC1. The molecule has 0 aromatic heterocycles. The van der Waals surface area contributed by atoms with Crippen LogP contribution in [0.1, 0.15) is 11.1 Å². The molecular formula is C24H25Cl2N3O2. The number of hydrogen-bond donors (Lipinski definition) is 1. The van der Waals surface area contributed by atoms with Gasteiger partial charge in [0.05, 0.1) is 0 Å². The first-order valence-corrected chi connectivity index (χ1v) is 10.9. The standard InChI is InChI=1S/C24H25Cl2N3O2/c25-21-5-1-3-19(17-21)7-9-23(30)27-11-12-28-13-15-29(16-14-28)24(31)10-8-20-4-2-6-22(26)18-20/h1-10,17-18H,11-16H2,(H,27,30). The molecule has 0 radical (unpaired) electrons. The number of nitrogens with one attached hydrogen (secondary N) is 1. The molecule has 2 aromatic carbocycles. The molecule has 3 rings (SSSR count). The first kappa shape index (κ1) is 23.1. The second-order valence-electron chi connectivity index (χ2n) is 7.23. The van der Waals surface area contributed by atoms with E-state index in [0.29, 0.717) is 29.7 Å². The predicted molar refractivity (Wildman–Crippen MR) is 127 cm³/mol. The molecule has 1 aliphatic heterocycles. The van der Waals surface area contributed by atoms with Gasteiger partial charge >= 0.3 is 0 Å². The molecule has 0 spiro atoms. The Morgan fingerprint density at radius 3 is 2.03 bits per heavy atom. The van der Waals surface area contributed by atoms with Gasteiger partial charge in [-0.2, -0.15) is 0 Å². The van der Waals surface area contributed by atoms with Gasteiger partial charge in [0, 0.05) is 61.5 Å².